The van der Waals surface area contributed by atoms with Crippen LogP contribution in [0.1, 0.15) is 35.6 Å². The fourth-order valence-electron chi connectivity index (χ4n) is 2.61. The van der Waals surface area contributed by atoms with E-state index in [0.717, 1.165) is 5.56 Å². The zero-order valence-corrected chi connectivity index (χ0v) is 12.0. The number of alkyl halides is 3. The predicted octanol–water partition coefficient (Wildman–Crippen LogP) is 3.41. The Bertz CT molecular complexity index is 523. The van der Waals surface area contributed by atoms with Crippen LogP contribution in [0.5, 0.6) is 0 Å². The number of aliphatic hydroxyl groups excluding tert-OH is 1. The lowest BCUT2D eigenvalue weighted by Crippen LogP contribution is -2.37. The smallest absolute Gasteiger partial charge is 0.387 e. The summed E-state index contributed by atoms with van der Waals surface area (Å²) in [6.45, 7) is 3.06. The Morgan fingerprint density at radius 1 is 1.29 bits per heavy atom. The normalized spacial score (nSPS) is 18.6. The minimum atomic E-state index is -4.21. The summed E-state index contributed by atoms with van der Waals surface area (Å²) in [6, 6.07) is 2.87. The van der Waals surface area contributed by atoms with Crippen molar-refractivity contribution >= 4 is 0 Å². The summed E-state index contributed by atoms with van der Waals surface area (Å²) in [6.07, 6.45) is -4.99. The van der Waals surface area contributed by atoms with E-state index in [1.807, 2.05) is 0 Å². The summed E-state index contributed by atoms with van der Waals surface area (Å²) in [7, 11) is 0. The molecule has 118 valence electrons. The van der Waals surface area contributed by atoms with E-state index in [-0.39, 0.29) is 25.9 Å². The van der Waals surface area contributed by atoms with Gasteiger partial charge in [-0.1, -0.05) is 6.07 Å². The second-order valence-corrected chi connectivity index (χ2v) is 5.83. The van der Waals surface area contributed by atoms with Crippen molar-refractivity contribution in [3.8, 4) is 0 Å². The molecule has 21 heavy (non-hydrogen) atoms. The molecule has 0 saturated heterocycles. The van der Waals surface area contributed by atoms with Gasteiger partial charge in [0.05, 0.1) is 11.5 Å². The van der Waals surface area contributed by atoms with E-state index >= 15 is 0 Å². The van der Waals surface area contributed by atoms with Gasteiger partial charge in [-0.2, -0.15) is 13.2 Å². The molecule has 0 amide bonds. The molecule has 0 aromatic heterocycles. The third kappa shape index (κ3) is 3.21. The van der Waals surface area contributed by atoms with E-state index in [9.17, 15) is 22.7 Å². The maximum absolute atomic E-state index is 13.5. The summed E-state index contributed by atoms with van der Waals surface area (Å²) in [4.78, 5) is 0. The molecular weight excluding hydrogens is 286 g/mol. The highest BCUT2D eigenvalue weighted by Crippen LogP contribution is 2.57. The number of nitrogens with one attached hydrogen (secondary N) is 1. The number of aryl methyl sites for hydroxylation is 1. The van der Waals surface area contributed by atoms with Crippen LogP contribution in [-0.4, -0.2) is 24.4 Å². The van der Waals surface area contributed by atoms with Gasteiger partial charge in [-0.05, 0) is 49.4 Å². The number of halogens is 4. The molecule has 1 aliphatic carbocycles. The summed E-state index contributed by atoms with van der Waals surface area (Å²) in [5, 5.41) is 12.8. The van der Waals surface area contributed by atoms with Gasteiger partial charge in [-0.15, -0.1) is 0 Å². The molecule has 1 aromatic carbocycles. The van der Waals surface area contributed by atoms with Crippen molar-refractivity contribution < 1.29 is 22.7 Å². The van der Waals surface area contributed by atoms with E-state index in [1.54, 1.807) is 19.9 Å². The van der Waals surface area contributed by atoms with Gasteiger partial charge in [-0.25, -0.2) is 4.39 Å². The fraction of sp³-hybridized carbons (Fsp3) is 0.600. The lowest BCUT2D eigenvalue weighted by Gasteiger charge is -2.22. The molecule has 2 rings (SSSR count). The van der Waals surface area contributed by atoms with E-state index in [0.29, 0.717) is 11.1 Å². The van der Waals surface area contributed by atoms with Crippen molar-refractivity contribution in [1.82, 2.24) is 5.32 Å². The Morgan fingerprint density at radius 3 is 2.43 bits per heavy atom. The first-order chi connectivity index (χ1) is 9.68. The zero-order chi connectivity index (χ0) is 15.8. The quantitative estimate of drug-likeness (QED) is 0.817. The molecule has 1 atom stereocenters. The molecular formula is C15H19F4NO. The van der Waals surface area contributed by atoms with Crippen LogP contribution in [0.4, 0.5) is 17.6 Å². The Kier molecular flexibility index (Phi) is 4.31. The van der Waals surface area contributed by atoms with Gasteiger partial charge in [-0.3, -0.25) is 0 Å². The molecule has 0 aliphatic heterocycles. The van der Waals surface area contributed by atoms with E-state index in [4.69, 9.17) is 0 Å². The molecule has 0 spiro atoms. The summed E-state index contributed by atoms with van der Waals surface area (Å²) >= 11 is 0. The van der Waals surface area contributed by atoms with Crippen molar-refractivity contribution in [3.63, 3.8) is 0 Å². The Morgan fingerprint density at radius 2 is 1.90 bits per heavy atom. The maximum atomic E-state index is 13.5. The van der Waals surface area contributed by atoms with Gasteiger partial charge in [0, 0.05) is 13.1 Å². The minimum absolute atomic E-state index is 0.0248. The Balaban J connectivity index is 1.98. The van der Waals surface area contributed by atoms with Crippen LogP contribution in [0.3, 0.4) is 0 Å². The van der Waals surface area contributed by atoms with Crippen molar-refractivity contribution in [2.24, 2.45) is 5.41 Å². The molecule has 1 aromatic rings. The highest BCUT2D eigenvalue weighted by Gasteiger charge is 2.62. The van der Waals surface area contributed by atoms with Crippen LogP contribution in [0, 0.1) is 25.1 Å². The van der Waals surface area contributed by atoms with Crippen molar-refractivity contribution in [2.45, 2.75) is 39.0 Å². The molecule has 6 heteroatoms. The van der Waals surface area contributed by atoms with Crippen molar-refractivity contribution in [2.75, 3.05) is 13.1 Å². The zero-order valence-electron chi connectivity index (χ0n) is 12.0. The number of rotatable bonds is 5. The number of aliphatic hydroxyl groups is 1. The second-order valence-electron chi connectivity index (χ2n) is 5.83. The largest absolute Gasteiger partial charge is 0.395 e. The first-order valence-electron chi connectivity index (χ1n) is 6.89. The minimum Gasteiger partial charge on any atom is -0.387 e. The first-order valence-corrected chi connectivity index (χ1v) is 6.89. The van der Waals surface area contributed by atoms with Gasteiger partial charge in [0.15, 0.2) is 0 Å². The maximum Gasteiger partial charge on any atom is 0.395 e. The standard InChI is InChI=1S/C15H19F4NO/c1-9-3-4-11(16)10(2)13(9)12(21)7-20-8-14(5-6-14)15(17,18)19/h3-4,12,20-21H,5-8H2,1-2H3. The van der Waals surface area contributed by atoms with Crippen LogP contribution in [0.25, 0.3) is 0 Å². The second kappa shape index (κ2) is 5.57. The number of hydrogen-bond donors (Lipinski definition) is 2. The molecule has 0 heterocycles. The van der Waals surface area contributed by atoms with Crippen LogP contribution in [0.2, 0.25) is 0 Å². The first kappa shape index (κ1) is 16.2. The van der Waals surface area contributed by atoms with Gasteiger partial charge >= 0.3 is 6.18 Å². The topological polar surface area (TPSA) is 32.3 Å². The monoisotopic (exact) mass is 305 g/mol. The Hall–Kier alpha value is -1.14. The van der Waals surface area contributed by atoms with Crippen molar-refractivity contribution in [1.29, 1.82) is 0 Å². The summed E-state index contributed by atoms with van der Waals surface area (Å²) in [5.41, 5.74) is -0.139. The van der Waals surface area contributed by atoms with Crippen LogP contribution < -0.4 is 5.32 Å². The van der Waals surface area contributed by atoms with Crippen LogP contribution in [-0.2, 0) is 0 Å². The molecule has 1 fully saturated rings. The summed E-state index contributed by atoms with van der Waals surface area (Å²) in [5.74, 6) is -0.427. The molecule has 1 unspecified atom stereocenters. The Labute approximate surface area is 121 Å². The van der Waals surface area contributed by atoms with Gasteiger partial charge in [0.25, 0.3) is 0 Å². The molecule has 1 aliphatic rings. The average molecular weight is 305 g/mol. The van der Waals surface area contributed by atoms with Crippen LogP contribution in [0.15, 0.2) is 12.1 Å². The van der Waals surface area contributed by atoms with Gasteiger partial charge in [0.1, 0.15) is 5.82 Å². The van der Waals surface area contributed by atoms with Crippen LogP contribution >= 0.6 is 0 Å². The molecule has 1 saturated carbocycles. The number of benzene rings is 1. The molecule has 0 radical (unpaired) electrons. The molecule has 0 bridgehead atoms. The SMILES string of the molecule is Cc1ccc(F)c(C)c1C(O)CNCC1(C(F)(F)F)CC1. The third-order valence-corrected chi connectivity index (χ3v) is 4.26. The molecule has 2 nitrogen and oxygen atoms in total. The third-order valence-electron chi connectivity index (χ3n) is 4.26. The predicted molar refractivity (Wildman–Crippen MR) is 71.4 cm³/mol. The molecule has 2 N–H and O–H groups in total. The van der Waals surface area contributed by atoms with Crippen molar-refractivity contribution in [3.05, 3.63) is 34.6 Å². The lowest BCUT2D eigenvalue weighted by molar-refractivity contribution is -0.185. The van der Waals surface area contributed by atoms with Gasteiger partial charge in [0.2, 0.25) is 0 Å². The highest BCUT2D eigenvalue weighted by atomic mass is 19.4. The van der Waals surface area contributed by atoms with E-state index in [1.165, 1.54) is 6.07 Å². The van der Waals surface area contributed by atoms with E-state index in [2.05, 4.69) is 5.32 Å². The number of hydrogen-bond acceptors (Lipinski definition) is 2. The lowest BCUT2D eigenvalue weighted by atomic mass is 9.97. The highest BCUT2D eigenvalue weighted by molar-refractivity contribution is 5.36. The average Bonchev–Trinajstić information content (AvgIpc) is 3.15. The summed E-state index contributed by atoms with van der Waals surface area (Å²) < 4.78 is 51.8. The fourth-order valence-corrected chi connectivity index (χ4v) is 2.61. The van der Waals surface area contributed by atoms with E-state index < -0.39 is 23.5 Å². The van der Waals surface area contributed by atoms with Gasteiger partial charge < -0.3 is 10.4 Å².